The lowest BCUT2D eigenvalue weighted by Gasteiger charge is -2.50. The summed E-state index contributed by atoms with van der Waals surface area (Å²) in [5.41, 5.74) is 0.463. The zero-order valence-electron chi connectivity index (χ0n) is 12.4. The maximum atomic E-state index is 12.6. The first-order valence-corrected chi connectivity index (χ1v) is 7.58. The SMILES string of the molecule is CN1C(=O)CCC[C@@]12CCCN(C(=O)c1cccnc1)C2. The third-order valence-corrected chi connectivity index (χ3v) is 4.87. The minimum atomic E-state index is -0.161. The Labute approximate surface area is 124 Å². The van der Waals surface area contributed by atoms with Gasteiger partial charge in [0.2, 0.25) is 5.91 Å². The number of likely N-dealkylation sites (tertiary alicyclic amines) is 2. The Morgan fingerprint density at radius 2 is 2.14 bits per heavy atom. The standard InChI is InChI=1S/C16H21N3O2/c1-18-14(20)6-2-7-16(18)8-4-10-19(12-16)15(21)13-5-3-9-17-11-13/h3,5,9,11H,2,4,6-8,10,12H2,1H3/t16-/m0/s1. The summed E-state index contributed by atoms with van der Waals surface area (Å²) >= 11 is 0. The Kier molecular flexibility index (Phi) is 3.66. The third-order valence-electron chi connectivity index (χ3n) is 4.87. The normalized spacial score (nSPS) is 26.2. The van der Waals surface area contributed by atoms with Crippen molar-refractivity contribution in [1.29, 1.82) is 0 Å². The molecule has 5 heteroatoms. The molecule has 1 atom stereocenters. The predicted octanol–water partition coefficient (Wildman–Crippen LogP) is 1.70. The van der Waals surface area contributed by atoms with E-state index in [0.717, 1.165) is 32.2 Å². The van der Waals surface area contributed by atoms with E-state index in [9.17, 15) is 9.59 Å². The molecular formula is C16H21N3O2. The maximum absolute atomic E-state index is 12.6. The Bertz CT molecular complexity index is 542. The summed E-state index contributed by atoms with van der Waals surface area (Å²) in [4.78, 5) is 32.4. The molecule has 3 heterocycles. The molecule has 2 fully saturated rings. The van der Waals surface area contributed by atoms with Crippen LogP contribution in [-0.2, 0) is 4.79 Å². The highest BCUT2D eigenvalue weighted by Gasteiger charge is 2.44. The minimum absolute atomic E-state index is 0.0218. The van der Waals surface area contributed by atoms with Crippen LogP contribution >= 0.6 is 0 Å². The smallest absolute Gasteiger partial charge is 0.255 e. The number of likely N-dealkylation sites (N-methyl/N-ethyl adjacent to an activating group) is 1. The first-order valence-electron chi connectivity index (χ1n) is 7.58. The van der Waals surface area contributed by atoms with Gasteiger partial charge in [0.1, 0.15) is 0 Å². The van der Waals surface area contributed by atoms with Gasteiger partial charge >= 0.3 is 0 Å². The molecule has 2 aliphatic rings. The van der Waals surface area contributed by atoms with Crippen LogP contribution in [-0.4, -0.2) is 52.3 Å². The van der Waals surface area contributed by atoms with Crippen LogP contribution in [0.15, 0.2) is 24.5 Å². The quantitative estimate of drug-likeness (QED) is 0.790. The van der Waals surface area contributed by atoms with Gasteiger partial charge in [0.25, 0.3) is 5.91 Å². The molecule has 0 unspecified atom stereocenters. The predicted molar refractivity (Wildman–Crippen MR) is 78.7 cm³/mol. The number of carbonyl (C=O) groups excluding carboxylic acids is 2. The van der Waals surface area contributed by atoms with E-state index in [2.05, 4.69) is 4.98 Å². The molecule has 2 amide bonds. The first kappa shape index (κ1) is 14.0. The monoisotopic (exact) mass is 287 g/mol. The van der Waals surface area contributed by atoms with Gasteiger partial charge in [-0.25, -0.2) is 0 Å². The second kappa shape index (κ2) is 5.47. The zero-order valence-corrected chi connectivity index (χ0v) is 12.4. The van der Waals surface area contributed by atoms with Gasteiger partial charge in [-0.1, -0.05) is 0 Å². The van der Waals surface area contributed by atoms with Crippen molar-refractivity contribution >= 4 is 11.8 Å². The van der Waals surface area contributed by atoms with Gasteiger partial charge in [-0.15, -0.1) is 0 Å². The number of nitrogens with zero attached hydrogens (tertiary/aromatic N) is 3. The largest absolute Gasteiger partial charge is 0.338 e. The van der Waals surface area contributed by atoms with Crippen LogP contribution in [0.1, 0.15) is 42.5 Å². The van der Waals surface area contributed by atoms with Crippen LogP contribution in [0.5, 0.6) is 0 Å². The number of piperidine rings is 2. The van der Waals surface area contributed by atoms with Gasteiger partial charge in [0, 0.05) is 39.0 Å². The minimum Gasteiger partial charge on any atom is -0.338 e. The lowest BCUT2D eigenvalue weighted by Crippen LogP contribution is -2.61. The van der Waals surface area contributed by atoms with Gasteiger partial charge in [-0.05, 0) is 37.8 Å². The summed E-state index contributed by atoms with van der Waals surface area (Å²) in [5, 5.41) is 0. The molecule has 0 radical (unpaired) electrons. The number of hydrogen-bond donors (Lipinski definition) is 0. The lowest BCUT2D eigenvalue weighted by atomic mass is 9.80. The molecule has 0 bridgehead atoms. The fourth-order valence-corrected chi connectivity index (χ4v) is 3.60. The molecule has 0 aliphatic carbocycles. The van der Waals surface area contributed by atoms with Crippen molar-refractivity contribution < 1.29 is 9.59 Å². The van der Waals surface area contributed by atoms with Crippen molar-refractivity contribution in [2.75, 3.05) is 20.1 Å². The van der Waals surface area contributed by atoms with Crippen LogP contribution in [0, 0.1) is 0 Å². The number of amides is 2. The Morgan fingerprint density at radius 3 is 2.90 bits per heavy atom. The van der Waals surface area contributed by atoms with Crippen LogP contribution in [0.4, 0.5) is 0 Å². The highest BCUT2D eigenvalue weighted by atomic mass is 16.2. The Hall–Kier alpha value is -1.91. The molecule has 0 N–H and O–H groups in total. The average Bonchev–Trinajstić information content (AvgIpc) is 2.53. The number of aromatic nitrogens is 1. The molecule has 5 nitrogen and oxygen atoms in total. The van der Waals surface area contributed by atoms with E-state index >= 15 is 0 Å². The molecule has 1 aromatic heterocycles. The summed E-state index contributed by atoms with van der Waals surface area (Å²) in [6.07, 6.45) is 7.77. The topological polar surface area (TPSA) is 53.5 Å². The highest BCUT2D eigenvalue weighted by Crippen LogP contribution is 2.35. The Balaban J connectivity index is 1.80. The fourth-order valence-electron chi connectivity index (χ4n) is 3.60. The van der Waals surface area contributed by atoms with Crippen molar-refractivity contribution in [1.82, 2.24) is 14.8 Å². The van der Waals surface area contributed by atoms with E-state index < -0.39 is 0 Å². The van der Waals surface area contributed by atoms with Crippen LogP contribution < -0.4 is 0 Å². The average molecular weight is 287 g/mol. The second-order valence-electron chi connectivity index (χ2n) is 6.10. The first-order chi connectivity index (χ1) is 10.1. The van der Waals surface area contributed by atoms with E-state index in [0.29, 0.717) is 18.5 Å². The lowest BCUT2D eigenvalue weighted by molar-refractivity contribution is -0.142. The zero-order chi connectivity index (χ0) is 14.9. The molecule has 0 aromatic carbocycles. The third kappa shape index (κ3) is 2.52. The molecule has 1 aromatic rings. The van der Waals surface area contributed by atoms with Crippen molar-refractivity contribution in [2.24, 2.45) is 0 Å². The molecule has 21 heavy (non-hydrogen) atoms. The van der Waals surface area contributed by atoms with Gasteiger partial charge in [-0.3, -0.25) is 14.6 Å². The molecule has 0 saturated carbocycles. The number of pyridine rings is 1. The van der Waals surface area contributed by atoms with Gasteiger partial charge < -0.3 is 9.80 Å². The van der Waals surface area contributed by atoms with Crippen molar-refractivity contribution in [3.63, 3.8) is 0 Å². The van der Waals surface area contributed by atoms with Gasteiger partial charge in [-0.2, -0.15) is 0 Å². The molecule has 3 rings (SSSR count). The summed E-state index contributed by atoms with van der Waals surface area (Å²) in [7, 11) is 1.89. The van der Waals surface area contributed by atoms with Gasteiger partial charge in [0.15, 0.2) is 0 Å². The van der Waals surface area contributed by atoms with Crippen LogP contribution in [0.2, 0.25) is 0 Å². The van der Waals surface area contributed by atoms with Gasteiger partial charge in [0.05, 0.1) is 11.1 Å². The summed E-state index contributed by atoms with van der Waals surface area (Å²) < 4.78 is 0. The molecule has 112 valence electrons. The maximum Gasteiger partial charge on any atom is 0.255 e. The second-order valence-corrected chi connectivity index (χ2v) is 6.10. The number of carbonyl (C=O) groups is 2. The fraction of sp³-hybridized carbons (Fsp3) is 0.562. The van der Waals surface area contributed by atoms with Crippen molar-refractivity contribution in [3.05, 3.63) is 30.1 Å². The molecule has 2 aliphatic heterocycles. The summed E-state index contributed by atoms with van der Waals surface area (Å²) in [6.45, 7) is 1.40. The van der Waals surface area contributed by atoms with Crippen LogP contribution in [0.25, 0.3) is 0 Å². The highest BCUT2D eigenvalue weighted by molar-refractivity contribution is 5.94. The van der Waals surface area contributed by atoms with E-state index in [4.69, 9.17) is 0 Å². The number of rotatable bonds is 1. The van der Waals surface area contributed by atoms with E-state index in [1.807, 2.05) is 16.8 Å². The summed E-state index contributed by atoms with van der Waals surface area (Å²) in [5.74, 6) is 0.227. The van der Waals surface area contributed by atoms with Crippen molar-refractivity contribution in [2.45, 2.75) is 37.6 Å². The van der Waals surface area contributed by atoms with Crippen LogP contribution in [0.3, 0.4) is 0 Å². The number of hydrogen-bond acceptors (Lipinski definition) is 3. The van der Waals surface area contributed by atoms with E-state index in [1.54, 1.807) is 24.5 Å². The van der Waals surface area contributed by atoms with E-state index in [1.165, 1.54) is 0 Å². The van der Waals surface area contributed by atoms with Crippen molar-refractivity contribution in [3.8, 4) is 0 Å². The summed E-state index contributed by atoms with van der Waals surface area (Å²) in [6, 6.07) is 3.58. The Morgan fingerprint density at radius 1 is 1.33 bits per heavy atom. The molecule has 2 saturated heterocycles. The molecule has 1 spiro atoms. The van der Waals surface area contributed by atoms with E-state index in [-0.39, 0.29) is 17.4 Å². The molecular weight excluding hydrogens is 266 g/mol.